The summed E-state index contributed by atoms with van der Waals surface area (Å²) in [5.41, 5.74) is 0.791. The molecule has 2 amide bonds. The lowest BCUT2D eigenvalue weighted by Crippen LogP contribution is -2.44. The van der Waals surface area contributed by atoms with E-state index in [9.17, 15) is 19.5 Å². The molecule has 0 radical (unpaired) electrons. The van der Waals surface area contributed by atoms with E-state index in [0.717, 1.165) is 24.8 Å². The second-order valence-corrected chi connectivity index (χ2v) is 7.83. The first-order chi connectivity index (χ1) is 15.0. The molecule has 0 unspecified atom stereocenters. The molecule has 0 spiro atoms. The van der Waals surface area contributed by atoms with Gasteiger partial charge in [-0.15, -0.1) is 0 Å². The van der Waals surface area contributed by atoms with E-state index in [1.54, 1.807) is 12.1 Å². The molecule has 0 aromatic heterocycles. The highest BCUT2D eigenvalue weighted by Gasteiger charge is 2.23. The van der Waals surface area contributed by atoms with Gasteiger partial charge in [-0.2, -0.15) is 0 Å². The Labute approximate surface area is 185 Å². The number of carboxylic acids is 1. The van der Waals surface area contributed by atoms with Crippen molar-refractivity contribution in [3.8, 4) is 0 Å². The summed E-state index contributed by atoms with van der Waals surface area (Å²) in [4.78, 5) is 35.2. The summed E-state index contributed by atoms with van der Waals surface area (Å²) in [7, 11) is 0. The molecular weight excluding hydrogens is 396 g/mol. The number of ether oxygens (including phenoxy) is 1. The van der Waals surface area contributed by atoms with Gasteiger partial charge < -0.3 is 20.5 Å². The molecule has 0 fully saturated rings. The third-order valence-electron chi connectivity index (χ3n) is 5.04. The largest absolute Gasteiger partial charge is 0.480 e. The van der Waals surface area contributed by atoms with Crippen LogP contribution in [-0.4, -0.2) is 35.7 Å². The molecule has 1 atom stereocenters. The summed E-state index contributed by atoms with van der Waals surface area (Å²) in [6, 6.07) is 7.74. The third-order valence-corrected chi connectivity index (χ3v) is 5.04. The summed E-state index contributed by atoms with van der Waals surface area (Å²) in [6.07, 6.45) is 10.9. The van der Waals surface area contributed by atoms with Crippen LogP contribution in [0.1, 0.15) is 83.1 Å². The first-order valence-corrected chi connectivity index (χ1v) is 11.5. The molecule has 0 saturated heterocycles. The van der Waals surface area contributed by atoms with Crippen LogP contribution in [0.2, 0.25) is 0 Å². The zero-order valence-corrected chi connectivity index (χ0v) is 18.7. The van der Waals surface area contributed by atoms with Crippen molar-refractivity contribution >= 4 is 18.0 Å². The molecule has 1 aromatic carbocycles. The van der Waals surface area contributed by atoms with Gasteiger partial charge in [-0.3, -0.25) is 4.79 Å². The molecule has 3 N–H and O–H groups in total. The molecule has 0 heterocycles. The average Bonchev–Trinajstić information content (AvgIpc) is 2.76. The molecule has 0 saturated carbocycles. The fraction of sp³-hybridized carbons (Fsp3) is 0.625. The Morgan fingerprint density at radius 3 is 2.06 bits per heavy atom. The number of rotatable bonds is 17. The molecule has 1 rings (SSSR count). The maximum atomic E-state index is 12.0. The molecule has 31 heavy (non-hydrogen) atoms. The predicted molar refractivity (Wildman–Crippen MR) is 121 cm³/mol. The van der Waals surface area contributed by atoms with Crippen LogP contribution in [0.15, 0.2) is 30.3 Å². The lowest BCUT2D eigenvalue weighted by atomic mass is 10.1. The first-order valence-electron chi connectivity index (χ1n) is 11.5. The first kappa shape index (κ1) is 26.5. The monoisotopic (exact) mass is 434 g/mol. The SMILES string of the molecule is CCCCCCCCCCCCNC(=O)C[C@H](NC(=O)OCc1ccccc1)C(=O)O. The van der Waals surface area contributed by atoms with Gasteiger partial charge in [0.15, 0.2) is 0 Å². The van der Waals surface area contributed by atoms with Crippen LogP contribution >= 0.6 is 0 Å². The summed E-state index contributed by atoms with van der Waals surface area (Å²) in [5, 5.41) is 14.2. The van der Waals surface area contributed by atoms with Crippen LogP contribution in [0.4, 0.5) is 4.79 Å². The van der Waals surface area contributed by atoms with Crippen molar-refractivity contribution in [3.63, 3.8) is 0 Å². The Bertz CT molecular complexity index is 636. The number of nitrogens with one attached hydrogen (secondary N) is 2. The number of hydrogen-bond donors (Lipinski definition) is 3. The van der Waals surface area contributed by atoms with E-state index in [1.165, 1.54) is 44.9 Å². The lowest BCUT2D eigenvalue weighted by Gasteiger charge is -2.14. The normalized spacial score (nSPS) is 11.5. The third kappa shape index (κ3) is 14.1. The van der Waals surface area contributed by atoms with Crippen LogP contribution < -0.4 is 10.6 Å². The highest BCUT2D eigenvalue weighted by Crippen LogP contribution is 2.10. The van der Waals surface area contributed by atoms with E-state index < -0.39 is 24.0 Å². The van der Waals surface area contributed by atoms with E-state index >= 15 is 0 Å². The van der Waals surface area contributed by atoms with Crippen LogP contribution in [0, 0.1) is 0 Å². The van der Waals surface area contributed by atoms with E-state index in [-0.39, 0.29) is 13.0 Å². The number of carbonyl (C=O) groups excluding carboxylic acids is 2. The predicted octanol–water partition coefficient (Wildman–Crippen LogP) is 4.79. The molecule has 0 aliphatic rings. The van der Waals surface area contributed by atoms with Crippen molar-refractivity contribution in [2.45, 2.75) is 90.2 Å². The Kier molecular flexibility index (Phi) is 14.6. The van der Waals surface area contributed by atoms with Crippen molar-refractivity contribution in [2.24, 2.45) is 0 Å². The quantitative estimate of drug-likeness (QED) is 0.306. The van der Waals surface area contributed by atoms with Crippen LogP contribution in [-0.2, 0) is 20.9 Å². The topological polar surface area (TPSA) is 105 Å². The Morgan fingerprint density at radius 1 is 0.903 bits per heavy atom. The minimum absolute atomic E-state index is 0.0317. The van der Waals surface area contributed by atoms with Gasteiger partial charge in [0.2, 0.25) is 5.91 Å². The standard InChI is InChI=1S/C24H38N2O5/c1-2-3-4-5-6-7-8-9-10-14-17-25-22(27)18-21(23(28)29)26-24(30)31-19-20-15-12-11-13-16-20/h11-13,15-16,21H,2-10,14,17-19H2,1H3,(H,25,27)(H,26,30)(H,28,29)/t21-/m0/s1. The van der Waals surface area contributed by atoms with Crippen molar-refractivity contribution in [1.29, 1.82) is 0 Å². The van der Waals surface area contributed by atoms with Crippen molar-refractivity contribution in [3.05, 3.63) is 35.9 Å². The molecule has 0 aliphatic heterocycles. The second kappa shape index (κ2) is 17.1. The molecule has 1 aromatic rings. The van der Waals surface area contributed by atoms with Gasteiger partial charge in [0.05, 0.1) is 6.42 Å². The highest BCUT2D eigenvalue weighted by molar-refractivity contribution is 5.87. The maximum Gasteiger partial charge on any atom is 0.408 e. The number of amides is 2. The van der Waals surface area contributed by atoms with Gasteiger partial charge >= 0.3 is 12.1 Å². The number of unbranched alkanes of at least 4 members (excludes halogenated alkanes) is 9. The molecule has 174 valence electrons. The molecule has 0 aliphatic carbocycles. The van der Waals surface area contributed by atoms with Gasteiger partial charge in [-0.1, -0.05) is 95.0 Å². The van der Waals surface area contributed by atoms with Crippen molar-refractivity contribution < 1.29 is 24.2 Å². The van der Waals surface area contributed by atoms with Crippen LogP contribution in [0.5, 0.6) is 0 Å². The fourth-order valence-electron chi connectivity index (χ4n) is 3.20. The van der Waals surface area contributed by atoms with Crippen molar-refractivity contribution in [1.82, 2.24) is 10.6 Å². The minimum Gasteiger partial charge on any atom is -0.480 e. The fourth-order valence-corrected chi connectivity index (χ4v) is 3.20. The van der Waals surface area contributed by atoms with Gasteiger partial charge in [0.25, 0.3) is 0 Å². The van der Waals surface area contributed by atoms with E-state index in [2.05, 4.69) is 17.6 Å². The number of alkyl carbamates (subject to hydrolysis) is 1. The van der Waals surface area contributed by atoms with E-state index in [0.29, 0.717) is 6.54 Å². The number of carboxylic acid groups (broad SMARTS) is 1. The number of benzene rings is 1. The lowest BCUT2D eigenvalue weighted by molar-refractivity contribution is -0.141. The summed E-state index contributed by atoms with van der Waals surface area (Å²) >= 11 is 0. The van der Waals surface area contributed by atoms with E-state index in [1.807, 2.05) is 18.2 Å². The number of aliphatic carboxylic acids is 1. The maximum absolute atomic E-state index is 12.0. The zero-order chi connectivity index (χ0) is 22.7. The van der Waals surface area contributed by atoms with Crippen LogP contribution in [0.25, 0.3) is 0 Å². The Hall–Kier alpha value is -2.57. The van der Waals surface area contributed by atoms with Crippen molar-refractivity contribution in [2.75, 3.05) is 6.54 Å². The molecule has 0 bridgehead atoms. The highest BCUT2D eigenvalue weighted by atomic mass is 16.5. The minimum atomic E-state index is -1.32. The van der Waals surface area contributed by atoms with Crippen LogP contribution in [0.3, 0.4) is 0 Å². The molecular formula is C24H38N2O5. The molecule has 7 nitrogen and oxygen atoms in total. The zero-order valence-electron chi connectivity index (χ0n) is 18.7. The summed E-state index contributed by atoms with van der Waals surface area (Å²) in [6.45, 7) is 2.77. The van der Waals surface area contributed by atoms with Gasteiger partial charge in [0, 0.05) is 6.54 Å². The van der Waals surface area contributed by atoms with Gasteiger partial charge in [-0.25, -0.2) is 9.59 Å². The number of carbonyl (C=O) groups is 3. The van der Waals surface area contributed by atoms with Gasteiger partial charge in [-0.05, 0) is 12.0 Å². The summed E-state index contributed by atoms with van der Waals surface area (Å²) in [5.74, 6) is -1.67. The second-order valence-electron chi connectivity index (χ2n) is 7.83. The Balaban J connectivity index is 2.12. The Morgan fingerprint density at radius 2 is 1.48 bits per heavy atom. The number of hydrogen-bond acceptors (Lipinski definition) is 4. The van der Waals surface area contributed by atoms with Gasteiger partial charge in [0.1, 0.15) is 12.6 Å². The molecule has 7 heteroatoms. The average molecular weight is 435 g/mol. The summed E-state index contributed by atoms with van der Waals surface area (Å²) < 4.78 is 5.02. The van der Waals surface area contributed by atoms with E-state index in [4.69, 9.17) is 4.74 Å². The smallest absolute Gasteiger partial charge is 0.408 e.